The fourth-order valence-corrected chi connectivity index (χ4v) is 9.95. The van der Waals surface area contributed by atoms with Crippen LogP contribution in [-0.4, -0.2) is 21.1 Å². The van der Waals surface area contributed by atoms with Gasteiger partial charge < -0.3 is 0 Å². The Kier molecular flexibility index (Phi) is 6.65. The molecule has 1 fully saturated rings. The number of nitrogens with one attached hydrogen (secondary N) is 3. The molecule has 0 aromatic heterocycles. The van der Waals surface area contributed by atoms with E-state index in [0.29, 0.717) is 11.5 Å². The summed E-state index contributed by atoms with van der Waals surface area (Å²) in [6, 6.07) is 35.3. The van der Waals surface area contributed by atoms with Crippen LogP contribution in [0.4, 0.5) is 0 Å². The quantitative estimate of drug-likeness (QED) is 0.233. The van der Waals surface area contributed by atoms with E-state index >= 15 is 0 Å². The van der Waals surface area contributed by atoms with Crippen molar-refractivity contribution in [1.29, 1.82) is 0 Å². The lowest BCUT2D eigenvalue weighted by atomic mass is 9.88. The first-order valence-electron chi connectivity index (χ1n) is 15.3. The summed E-state index contributed by atoms with van der Waals surface area (Å²) in [6.07, 6.45) is 14.5. The zero-order chi connectivity index (χ0) is 28.0. The number of allylic oxidation sites excluding steroid dienone is 6. The fraction of sp³-hybridized carbons (Fsp3) is 0.211. The molecule has 1 radical (unpaired) electrons. The minimum atomic E-state index is -0.626. The molecule has 5 unspecified atom stereocenters. The van der Waals surface area contributed by atoms with Gasteiger partial charge in [-0.05, 0) is 68.6 Å². The van der Waals surface area contributed by atoms with Gasteiger partial charge in [-0.15, -0.1) is 0 Å². The van der Waals surface area contributed by atoms with Gasteiger partial charge >= 0.3 is 0 Å². The molecule has 3 nitrogen and oxygen atoms in total. The summed E-state index contributed by atoms with van der Waals surface area (Å²) in [5, 5.41) is 16.0. The van der Waals surface area contributed by atoms with Gasteiger partial charge in [0.1, 0.15) is 0 Å². The highest BCUT2D eigenvalue weighted by atomic mass is 28.3. The van der Waals surface area contributed by atoms with Gasteiger partial charge in [-0.25, -0.2) is 0 Å². The summed E-state index contributed by atoms with van der Waals surface area (Å²) in [7, 11) is -0.626. The molecular formula is C38H36N3Si. The van der Waals surface area contributed by atoms with E-state index in [1.54, 1.807) is 10.8 Å². The Hall–Kier alpha value is -3.80. The van der Waals surface area contributed by atoms with Gasteiger partial charge in [-0.2, -0.15) is 0 Å². The van der Waals surface area contributed by atoms with Crippen LogP contribution in [0.3, 0.4) is 0 Å². The molecule has 0 spiro atoms. The van der Waals surface area contributed by atoms with Crippen LogP contribution in [0, 0.1) is 5.92 Å². The third-order valence-electron chi connectivity index (χ3n) is 9.65. The first kappa shape index (κ1) is 25.9. The SMILES string of the molecule is C[Si]1c2ccccc2C2=CC=C(C3NC(c4ccccc4)NC(C4C=CC(c5ccc6ccccc6c5)=CC4)N3)CC21. The summed E-state index contributed by atoms with van der Waals surface area (Å²) in [4.78, 5) is 0. The molecule has 5 atom stereocenters. The van der Waals surface area contributed by atoms with E-state index in [0.717, 1.165) is 12.8 Å². The zero-order valence-corrected chi connectivity index (χ0v) is 24.9. The van der Waals surface area contributed by atoms with Crippen molar-refractivity contribution in [3.05, 3.63) is 150 Å². The van der Waals surface area contributed by atoms with Gasteiger partial charge in [0, 0.05) is 5.92 Å². The van der Waals surface area contributed by atoms with Crippen molar-refractivity contribution in [3.63, 3.8) is 0 Å². The van der Waals surface area contributed by atoms with Crippen LogP contribution in [0.5, 0.6) is 0 Å². The Morgan fingerprint density at radius 3 is 2.38 bits per heavy atom. The number of rotatable bonds is 4. The van der Waals surface area contributed by atoms with Crippen molar-refractivity contribution in [2.45, 2.75) is 43.4 Å². The Morgan fingerprint density at radius 1 is 0.738 bits per heavy atom. The average Bonchev–Trinajstić information content (AvgIpc) is 3.35. The highest BCUT2D eigenvalue weighted by Gasteiger charge is 2.39. The molecule has 207 valence electrons. The van der Waals surface area contributed by atoms with Gasteiger partial charge in [0.05, 0.1) is 27.3 Å². The van der Waals surface area contributed by atoms with Gasteiger partial charge in [0.25, 0.3) is 0 Å². The molecule has 4 aromatic carbocycles. The predicted octanol–water partition coefficient (Wildman–Crippen LogP) is 7.06. The minimum absolute atomic E-state index is 0.0835. The predicted molar refractivity (Wildman–Crippen MR) is 177 cm³/mol. The maximum Gasteiger partial charge on any atom is 0.0913 e. The topological polar surface area (TPSA) is 36.1 Å². The van der Waals surface area contributed by atoms with Crippen LogP contribution in [0.2, 0.25) is 12.1 Å². The molecule has 0 amide bonds. The van der Waals surface area contributed by atoms with Crippen molar-refractivity contribution < 1.29 is 0 Å². The van der Waals surface area contributed by atoms with Crippen molar-refractivity contribution >= 4 is 35.9 Å². The molecule has 0 bridgehead atoms. The largest absolute Gasteiger partial charge is 0.282 e. The van der Waals surface area contributed by atoms with E-state index < -0.39 is 8.80 Å². The highest BCUT2D eigenvalue weighted by Crippen LogP contribution is 2.44. The van der Waals surface area contributed by atoms with Crippen molar-refractivity contribution in [2.75, 3.05) is 0 Å². The van der Waals surface area contributed by atoms with Gasteiger partial charge in [0.15, 0.2) is 0 Å². The van der Waals surface area contributed by atoms with Crippen LogP contribution in [-0.2, 0) is 0 Å². The second-order valence-electron chi connectivity index (χ2n) is 12.1. The van der Waals surface area contributed by atoms with Gasteiger partial charge in [-0.1, -0.05) is 133 Å². The van der Waals surface area contributed by atoms with E-state index in [9.17, 15) is 0 Å². The number of benzene rings is 4. The lowest BCUT2D eigenvalue weighted by Crippen LogP contribution is -2.65. The van der Waals surface area contributed by atoms with Gasteiger partial charge in [0.2, 0.25) is 0 Å². The first-order valence-corrected chi connectivity index (χ1v) is 17.3. The van der Waals surface area contributed by atoms with Gasteiger partial charge in [-0.3, -0.25) is 16.0 Å². The molecule has 4 aromatic rings. The molecule has 2 aliphatic carbocycles. The smallest absolute Gasteiger partial charge is 0.0913 e. The number of hydrogen-bond donors (Lipinski definition) is 3. The van der Waals surface area contributed by atoms with E-state index in [2.05, 4.69) is 150 Å². The molecule has 8 rings (SSSR count). The van der Waals surface area contributed by atoms with Crippen molar-refractivity contribution in [2.24, 2.45) is 5.92 Å². The van der Waals surface area contributed by atoms with Crippen LogP contribution < -0.4 is 21.1 Å². The summed E-state index contributed by atoms with van der Waals surface area (Å²) in [6.45, 7) is 2.50. The molecule has 1 saturated heterocycles. The molecule has 0 saturated carbocycles. The summed E-state index contributed by atoms with van der Waals surface area (Å²) >= 11 is 0. The number of hydrogen-bond acceptors (Lipinski definition) is 3. The lowest BCUT2D eigenvalue weighted by molar-refractivity contribution is 0.184. The van der Waals surface area contributed by atoms with Crippen LogP contribution >= 0.6 is 0 Å². The Balaban J connectivity index is 1.05. The molecule has 2 heterocycles. The minimum Gasteiger partial charge on any atom is -0.282 e. The van der Waals surface area contributed by atoms with Crippen molar-refractivity contribution in [3.8, 4) is 0 Å². The molecule has 4 aliphatic rings. The summed E-state index contributed by atoms with van der Waals surface area (Å²) in [5.74, 6) is 0.363. The van der Waals surface area contributed by atoms with Crippen LogP contribution in [0.1, 0.15) is 35.7 Å². The maximum atomic E-state index is 4.00. The number of fused-ring (bicyclic) bond motifs is 4. The Bertz CT molecular complexity index is 1770. The monoisotopic (exact) mass is 562 g/mol. The average molecular weight is 563 g/mol. The van der Waals surface area contributed by atoms with E-state index in [1.165, 1.54) is 38.6 Å². The highest BCUT2D eigenvalue weighted by molar-refractivity contribution is 6.78. The molecule has 3 N–H and O–H groups in total. The van der Waals surface area contributed by atoms with E-state index in [4.69, 9.17) is 0 Å². The second-order valence-corrected chi connectivity index (χ2v) is 14.7. The van der Waals surface area contributed by atoms with E-state index in [1.807, 2.05) is 0 Å². The summed E-state index contributed by atoms with van der Waals surface area (Å²) < 4.78 is 0. The second kappa shape index (κ2) is 10.8. The standard InChI is InChI=1S/C38H36N3Si/c1-42-34-14-8-7-13-32(34)33-22-21-31(24-35(33)42)38-40-36(27-10-3-2-4-11-27)39-37(41-38)28-18-15-26(16-19-28)30-20-17-25-9-5-6-12-29(25)23-30/h2-18,20-23,28,35-41H,19,24H2,1H3. The summed E-state index contributed by atoms with van der Waals surface area (Å²) in [5.41, 5.74) is 9.04. The van der Waals surface area contributed by atoms with Crippen LogP contribution in [0.25, 0.3) is 21.9 Å². The Morgan fingerprint density at radius 2 is 1.52 bits per heavy atom. The third-order valence-corrected chi connectivity index (χ3v) is 12.5. The lowest BCUT2D eigenvalue weighted by Gasteiger charge is -2.43. The molecular weight excluding hydrogens is 527 g/mol. The maximum absolute atomic E-state index is 4.00. The van der Waals surface area contributed by atoms with E-state index in [-0.39, 0.29) is 18.5 Å². The molecule has 2 aliphatic heterocycles. The zero-order valence-electron chi connectivity index (χ0n) is 23.9. The molecule has 4 heteroatoms. The fourth-order valence-electron chi connectivity index (χ4n) is 7.31. The first-order chi connectivity index (χ1) is 20.7. The Labute approximate surface area is 250 Å². The molecule has 42 heavy (non-hydrogen) atoms. The third kappa shape index (κ3) is 4.65. The normalized spacial score (nSPS) is 27.2. The van der Waals surface area contributed by atoms with Crippen LogP contribution in [0.15, 0.2) is 133 Å². The van der Waals surface area contributed by atoms with Crippen molar-refractivity contribution in [1.82, 2.24) is 16.0 Å².